The van der Waals surface area contributed by atoms with Crippen molar-refractivity contribution in [3.05, 3.63) is 23.0 Å². The van der Waals surface area contributed by atoms with Crippen LogP contribution in [0.3, 0.4) is 0 Å². The Morgan fingerprint density at radius 2 is 2.27 bits per heavy atom. The van der Waals surface area contributed by atoms with Gasteiger partial charge in [-0.2, -0.15) is 5.26 Å². The van der Waals surface area contributed by atoms with Gasteiger partial charge in [0.2, 0.25) is 5.91 Å². The minimum Gasteiger partial charge on any atom is -0.489 e. The first-order chi connectivity index (χ1) is 12.5. The second-order valence-electron chi connectivity index (χ2n) is 6.44. The quantitative estimate of drug-likeness (QED) is 0.745. The number of nitrogens with one attached hydrogen (secondary N) is 1. The summed E-state index contributed by atoms with van der Waals surface area (Å²) in [5.41, 5.74) is -0.00610. The molecule has 8 nitrogen and oxygen atoms in total. The van der Waals surface area contributed by atoms with Crippen LogP contribution in [0.4, 0.5) is 0 Å². The van der Waals surface area contributed by atoms with E-state index in [4.69, 9.17) is 26.7 Å². The maximum absolute atomic E-state index is 12.6. The van der Waals surface area contributed by atoms with Gasteiger partial charge >= 0.3 is 5.97 Å². The summed E-state index contributed by atoms with van der Waals surface area (Å²) in [5.74, 6) is -0.947. The van der Waals surface area contributed by atoms with Gasteiger partial charge < -0.3 is 14.7 Å². The van der Waals surface area contributed by atoms with Crippen LogP contribution in [0.25, 0.3) is 0 Å². The van der Waals surface area contributed by atoms with Gasteiger partial charge in [-0.05, 0) is 31.7 Å². The number of ether oxygens (including phenoxy) is 1. The molecule has 0 aliphatic carbocycles. The largest absolute Gasteiger partial charge is 0.489 e. The van der Waals surface area contributed by atoms with Crippen LogP contribution in [0.2, 0.25) is 5.15 Å². The van der Waals surface area contributed by atoms with Crippen molar-refractivity contribution in [2.45, 2.75) is 43.8 Å². The standard InChI is InChI=1S/C17H19ClN4O4/c18-15-14(6-10(8-20-15)17(24)25)26-9-11-3-4-13(21-11)16(23)22-5-1-2-12(22)7-19/h6,8,11-13,21H,1-5,9H2,(H,24,25). The number of carboxylic acids is 1. The lowest BCUT2D eigenvalue weighted by Crippen LogP contribution is -2.47. The van der Waals surface area contributed by atoms with Crippen molar-refractivity contribution in [2.75, 3.05) is 13.2 Å². The number of aromatic nitrogens is 1. The number of hydrogen-bond acceptors (Lipinski definition) is 6. The number of pyridine rings is 1. The lowest BCUT2D eigenvalue weighted by atomic mass is 10.1. The van der Waals surface area contributed by atoms with Crippen molar-refractivity contribution in [1.82, 2.24) is 15.2 Å². The van der Waals surface area contributed by atoms with E-state index in [1.165, 1.54) is 12.3 Å². The number of carbonyl (C=O) groups is 2. The maximum atomic E-state index is 12.6. The fourth-order valence-corrected chi connectivity index (χ4v) is 3.50. The lowest BCUT2D eigenvalue weighted by Gasteiger charge is -2.24. The predicted octanol–water partition coefficient (Wildman–Crippen LogP) is 1.45. The van der Waals surface area contributed by atoms with Crippen LogP contribution < -0.4 is 10.1 Å². The van der Waals surface area contributed by atoms with Gasteiger partial charge in [-0.1, -0.05) is 11.6 Å². The van der Waals surface area contributed by atoms with Crippen molar-refractivity contribution in [3.63, 3.8) is 0 Å². The Kier molecular flexibility index (Phi) is 5.59. The average molecular weight is 379 g/mol. The summed E-state index contributed by atoms with van der Waals surface area (Å²) in [6.45, 7) is 0.871. The number of hydrogen-bond donors (Lipinski definition) is 2. The zero-order valence-electron chi connectivity index (χ0n) is 14.0. The van der Waals surface area contributed by atoms with E-state index >= 15 is 0 Å². The molecule has 3 atom stereocenters. The molecule has 1 aromatic heterocycles. The van der Waals surface area contributed by atoms with E-state index in [-0.39, 0.29) is 47.1 Å². The van der Waals surface area contributed by atoms with Crippen LogP contribution in [0, 0.1) is 11.3 Å². The third kappa shape index (κ3) is 3.89. The first-order valence-electron chi connectivity index (χ1n) is 8.47. The van der Waals surface area contributed by atoms with Crippen LogP contribution >= 0.6 is 11.6 Å². The van der Waals surface area contributed by atoms with Gasteiger partial charge in [0.25, 0.3) is 0 Å². The summed E-state index contributed by atoms with van der Waals surface area (Å²) in [5, 5.41) is 21.5. The minimum atomic E-state index is -1.11. The highest BCUT2D eigenvalue weighted by Crippen LogP contribution is 2.25. The molecule has 2 fully saturated rings. The molecule has 2 aliphatic heterocycles. The van der Waals surface area contributed by atoms with Crippen LogP contribution in [0.5, 0.6) is 5.75 Å². The summed E-state index contributed by atoms with van der Waals surface area (Å²) in [6, 6.07) is 2.80. The molecule has 26 heavy (non-hydrogen) atoms. The van der Waals surface area contributed by atoms with Gasteiger partial charge in [-0.15, -0.1) is 0 Å². The van der Waals surface area contributed by atoms with Crippen molar-refractivity contribution in [3.8, 4) is 11.8 Å². The molecule has 0 saturated carbocycles. The van der Waals surface area contributed by atoms with Gasteiger partial charge in [-0.3, -0.25) is 10.1 Å². The van der Waals surface area contributed by atoms with Gasteiger partial charge in [0.15, 0.2) is 10.9 Å². The Hall–Kier alpha value is -2.37. The predicted molar refractivity (Wildman–Crippen MR) is 92.0 cm³/mol. The molecule has 2 aliphatic rings. The smallest absolute Gasteiger partial charge is 0.337 e. The maximum Gasteiger partial charge on any atom is 0.337 e. The lowest BCUT2D eigenvalue weighted by molar-refractivity contribution is -0.133. The molecule has 0 aromatic carbocycles. The summed E-state index contributed by atoms with van der Waals surface area (Å²) < 4.78 is 5.61. The fraction of sp³-hybridized carbons (Fsp3) is 0.529. The summed E-state index contributed by atoms with van der Waals surface area (Å²) in [6.07, 6.45) is 4.16. The highest BCUT2D eigenvalue weighted by Gasteiger charge is 2.37. The second kappa shape index (κ2) is 7.89. The Morgan fingerprint density at radius 1 is 1.46 bits per heavy atom. The van der Waals surface area contributed by atoms with E-state index in [0.717, 1.165) is 19.3 Å². The number of nitriles is 1. The topological polar surface area (TPSA) is 116 Å². The fourth-order valence-electron chi connectivity index (χ4n) is 3.35. The molecular weight excluding hydrogens is 360 g/mol. The highest BCUT2D eigenvalue weighted by atomic mass is 35.5. The number of nitrogens with zero attached hydrogens (tertiary/aromatic N) is 3. The summed E-state index contributed by atoms with van der Waals surface area (Å²) >= 11 is 5.94. The molecule has 2 saturated heterocycles. The van der Waals surface area contributed by atoms with Crippen LogP contribution in [-0.2, 0) is 4.79 Å². The Labute approximate surface area is 155 Å². The van der Waals surface area contributed by atoms with Gasteiger partial charge in [0, 0.05) is 18.8 Å². The number of likely N-dealkylation sites (tertiary alicyclic amines) is 1. The van der Waals surface area contributed by atoms with Crippen molar-refractivity contribution < 1.29 is 19.4 Å². The minimum absolute atomic E-state index is 0.00610. The molecular formula is C17H19ClN4O4. The first-order valence-corrected chi connectivity index (χ1v) is 8.85. The number of halogens is 1. The van der Waals surface area contributed by atoms with Crippen molar-refractivity contribution in [2.24, 2.45) is 0 Å². The van der Waals surface area contributed by atoms with Crippen LogP contribution in [-0.4, -0.2) is 58.1 Å². The first kappa shape index (κ1) is 18.4. The zero-order valence-corrected chi connectivity index (χ0v) is 14.8. The summed E-state index contributed by atoms with van der Waals surface area (Å²) in [4.78, 5) is 29.0. The molecule has 9 heteroatoms. The molecule has 138 valence electrons. The Bertz CT molecular complexity index is 751. The third-order valence-corrected chi connectivity index (χ3v) is 5.00. The Balaban J connectivity index is 1.55. The normalized spacial score (nSPS) is 25.1. The van der Waals surface area contributed by atoms with E-state index in [1.807, 2.05) is 0 Å². The molecule has 1 aromatic rings. The van der Waals surface area contributed by atoms with E-state index in [2.05, 4.69) is 16.4 Å². The Morgan fingerprint density at radius 3 is 3.00 bits per heavy atom. The SMILES string of the molecule is N#CC1CCCN1C(=O)C1CCC(COc2cc(C(=O)O)cnc2Cl)N1. The second-order valence-corrected chi connectivity index (χ2v) is 6.80. The number of rotatable bonds is 5. The van der Waals surface area contributed by atoms with E-state index in [1.54, 1.807) is 4.90 Å². The van der Waals surface area contributed by atoms with E-state index in [9.17, 15) is 9.59 Å². The molecule has 3 heterocycles. The van der Waals surface area contributed by atoms with Gasteiger partial charge in [0.05, 0.1) is 17.7 Å². The van der Waals surface area contributed by atoms with Gasteiger partial charge in [0.1, 0.15) is 12.6 Å². The van der Waals surface area contributed by atoms with Crippen molar-refractivity contribution >= 4 is 23.5 Å². The van der Waals surface area contributed by atoms with Crippen LogP contribution in [0.1, 0.15) is 36.0 Å². The van der Waals surface area contributed by atoms with Crippen LogP contribution in [0.15, 0.2) is 12.3 Å². The molecule has 0 bridgehead atoms. The highest BCUT2D eigenvalue weighted by molar-refractivity contribution is 6.30. The molecule has 1 amide bonds. The van der Waals surface area contributed by atoms with E-state index in [0.29, 0.717) is 13.0 Å². The van der Waals surface area contributed by atoms with Crippen molar-refractivity contribution in [1.29, 1.82) is 5.26 Å². The monoisotopic (exact) mass is 378 g/mol. The molecule has 3 rings (SSSR count). The molecule has 3 unspecified atom stereocenters. The summed E-state index contributed by atoms with van der Waals surface area (Å²) in [7, 11) is 0. The average Bonchev–Trinajstić information content (AvgIpc) is 3.29. The number of aromatic carboxylic acids is 1. The third-order valence-electron chi connectivity index (χ3n) is 4.72. The van der Waals surface area contributed by atoms with Gasteiger partial charge in [-0.25, -0.2) is 9.78 Å². The number of carbonyl (C=O) groups excluding carboxylic acids is 1. The molecule has 0 radical (unpaired) electrons. The number of carboxylic acid groups (broad SMARTS) is 1. The molecule has 2 N–H and O–H groups in total. The van der Waals surface area contributed by atoms with E-state index < -0.39 is 5.97 Å². The molecule has 0 spiro atoms. The zero-order chi connectivity index (χ0) is 18.7. The number of amides is 1.